The van der Waals surface area contributed by atoms with Gasteiger partial charge in [-0.15, -0.1) is 0 Å². The van der Waals surface area contributed by atoms with Gasteiger partial charge in [0.15, 0.2) is 0 Å². The molecule has 0 bridgehead atoms. The van der Waals surface area contributed by atoms with Gasteiger partial charge in [0.2, 0.25) is 0 Å². The minimum atomic E-state index is -0.753. The quantitative estimate of drug-likeness (QED) is 0.756. The van der Waals surface area contributed by atoms with Crippen molar-refractivity contribution in [1.29, 1.82) is 0 Å². The smallest absolute Gasteiger partial charge is 0.410 e. The number of hydrogen-bond acceptors (Lipinski definition) is 3. The lowest BCUT2D eigenvalue weighted by Gasteiger charge is -2.26. The topological polar surface area (TPSA) is 66.8 Å². The van der Waals surface area contributed by atoms with Gasteiger partial charge < -0.3 is 14.7 Å². The average Bonchev–Trinajstić information content (AvgIpc) is 2.60. The molecule has 2 rings (SSSR count). The lowest BCUT2D eigenvalue weighted by molar-refractivity contribution is -0.144. The Labute approximate surface area is 101 Å². The Bertz CT molecular complexity index is 359. The fourth-order valence-corrected chi connectivity index (χ4v) is 2.67. The van der Waals surface area contributed by atoms with E-state index in [4.69, 9.17) is 9.84 Å². The fraction of sp³-hybridized carbons (Fsp3) is 0.833. The molecule has 0 aromatic carbocycles. The van der Waals surface area contributed by atoms with Gasteiger partial charge in [-0.1, -0.05) is 0 Å². The monoisotopic (exact) mass is 241 g/mol. The fourth-order valence-electron chi connectivity index (χ4n) is 2.67. The van der Waals surface area contributed by atoms with Crippen molar-refractivity contribution in [3.05, 3.63) is 0 Å². The highest BCUT2D eigenvalue weighted by Gasteiger charge is 2.70. The van der Waals surface area contributed by atoms with Crippen LogP contribution in [0.2, 0.25) is 0 Å². The van der Waals surface area contributed by atoms with E-state index in [-0.39, 0.29) is 17.9 Å². The molecule has 1 saturated heterocycles. The zero-order chi connectivity index (χ0) is 13.0. The van der Waals surface area contributed by atoms with Crippen LogP contribution in [-0.4, -0.2) is 40.8 Å². The Kier molecular flexibility index (Phi) is 2.42. The van der Waals surface area contributed by atoms with Crippen LogP contribution in [0.25, 0.3) is 0 Å². The number of aliphatic carboxylic acids is 1. The molecule has 1 amide bonds. The van der Waals surface area contributed by atoms with Crippen molar-refractivity contribution in [3.8, 4) is 0 Å². The molecule has 0 aromatic heterocycles. The molecule has 1 heterocycles. The van der Waals surface area contributed by atoms with E-state index in [1.54, 1.807) is 11.8 Å². The molecule has 0 aromatic rings. The standard InChI is InChI=1S/C12H19NO4/c1-11(2,3)17-10(16)13-5-7-8(6-13)12(7,4)9(14)15/h7-8H,5-6H2,1-4H3,(H,14,15). The Morgan fingerprint density at radius 3 is 2.12 bits per heavy atom. The molecule has 5 heteroatoms. The number of carboxylic acids is 1. The zero-order valence-electron chi connectivity index (χ0n) is 10.7. The van der Waals surface area contributed by atoms with Gasteiger partial charge in [-0.05, 0) is 39.5 Å². The summed E-state index contributed by atoms with van der Waals surface area (Å²) in [5.41, 5.74) is -1.13. The average molecular weight is 241 g/mol. The predicted molar refractivity (Wildman–Crippen MR) is 60.5 cm³/mol. The molecule has 2 fully saturated rings. The Balaban J connectivity index is 1.92. The van der Waals surface area contributed by atoms with E-state index in [1.807, 2.05) is 20.8 Å². The number of ether oxygens (including phenoxy) is 1. The van der Waals surface area contributed by atoms with Gasteiger partial charge in [0, 0.05) is 13.1 Å². The van der Waals surface area contributed by atoms with E-state index >= 15 is 0 Å². The van der Waals surface area contributed by atoms with Gasteiger partial charge in [-0.25, -0.2) is 4.79 Å². The first kappa shape index (κ1) is 12.2. The number of piperidine rings is 1. The zero-order valence-corrected chi connectivity index (χ0v) is 10.7. The second-order valence-electron chi connectivity index (χ2n) is 6.19. The number of amides is 1. The van der Waals surface area contributed by atoms with Crippen LogP contribution in [-0.2, 0) is 9.53 Å². The Morgan fingerprint density at radius 1 is 1.29 bits per heavy atom. The largest absolute Gasteiger partial charge is 0.481 e. The summed E-state index contributed by atoms with van der Waals surface area (Å²) in [5, 5.41) is 9.09. The van der Waals surface area contributed by atoms with Gasteiger partial charge >= 0.3 is 12.1 Å². The Hall–Kier alpha value is -1.26. The van der Waals surface area contributed by atoms with Gasteiger partial charge in [-0.2, -0.15) is 0 Å². The number of hydrogen-bond donors (Lipinski definition) is 1. The van der Waals surface area contributed by atoms with Gasteiger partial charge in [0.1, 0.15) is 5.60 Å². The normalized spacial score (nSPS) is 35.4. The molecule has 1 aliphatic heterocycles. The summed E-state index contributed by atoms with van der Waals surface area (Å²) in [6.45, 7) is 8.23. The molecule has 96 valence electrons. The summed E-state index contributed by atoms with van der Waals surface area (Å²) in [7, 11) is 0. The third-order valence-electron chi connectivity index (χ3n) is 3.86. The SMILES string of the molecule is CC(C)(C)OC(=O)N1CC2C(C1)C2(C)C(=O)O. The summed E-state index contributed by atoms with van der Waals surface area (Å²) < 4.78 is 5.26. The van der Waals surface area contributed by atoms with Gasteiger partial charge in [0.05, 0.1) is 5.41 Å². The first-order valence-electron chi connectivity index (χ1n) is 5.87. The molecular weight excluding hydrogens is 222 g/mol. The van der Waals surface area contributed by atoms with Crippen molar-refractivity contribution >= 4 is 12.1 Å². The first-order chi connectivity index (χ1) is 7.66. The molecule has 2 aliphatic rings. The summed E-state index contributed by atoms with van der Waals surface area (Å²) in [6, 6.07) is 0. The predicted octanol–water partition coefficient (Wildman–Crippen LogP) is 1.57. The number of rotatable bonds is 1. The van der Waals surface area contributed by atoms with E-state index < -0.39 is 17.0 Å². The minimum absolute atomic E-state index is 0.0903. The van der Waals surface area contributed by atoms with E-state index in [9.17, 15) is 9.59 Å². The van der Waals surface area contributed by atoms with Crippen LogP contribution in [0.4, 0.5) is 4.79 Å². The van der Waals surface area contributed by atoms with Crippen molar-refractivity contribution in [2.75, 3.05) is 13.1 Å². The van der Waals surface area contributed by atoms with Crippen LogP contribution in [0.3, 0.4) is 0 Å². The molecule has 1 aliphatic carbocycles. The molecule has 0 radical (unpaired) electrons. The maximum absolute atomic E-state index is 11.8. The molecule has 1 N–H and O–H groups in total. The van der Waals surface area contributed by atoms with Crippen LogP contribution >= 0.6 is 0 Å². The maximum Gasteiger partial charge on any atom is 0.410 e. The first-order valence-corrected chi connectivity index (χ1v) is 5.87. The summed E-state index contributed by atoms with van der Waals surface area (Å²) in [6.07, 6.45) is -0.336. The van der Waals surface area contributed by atoms with E-state index in [0.29, 0.717) is 13.1 Å². The summed E-state index contributed by atoms with van der Waals surface area (Å²) in [4.78, 5) is 24.4. The number of carboxylic acid groups (broad SMARTS) is 1. The van der Waals surface area contributed by atoms with Crippen LogP contribution in [0.5, 0.6) is 0 Å². The Morgan fingerprint density at radius 2 is 1.76 bits per heavy atom. The highest BCUT2D eigenvalue weighted by molar-refractivity contribution is 5.80. The van der Waals surface area contributed by atoms with Crippen molar-refractivity contribution in [2.24, 2.45) is 17.3 Å². The van der Waals surface area contributed by atoms with Crippen LogP contribution in [0, 0.1) is 17.3 Å². The molecule has 5 nitrogen and oxygen atoms in total. The lowest BCUT2D eigenvalue weighted by Crippen LogP contribution is -2.39. The summed E-state index contributed by atoms with van der Waals surface area (Å²) in [5.74, 6) is -0.573. The molecular formula is C12H19NO4. The third-order valence-corrected chi connectivity index (χ3v) is 3.86. The molecule has 17 heavy (non-hydrogen) atoms. The van der Waals surface area contributed by atoms with Gasteiger partial charge in [0.25, 0.3) is 0 Å². The number of carbonyl (C=O) groups is 2. The van der Waals surface area contributed by atoms with Crippen molar-refractivity contribution < 1.29 is 19.4 Å². The number of nitrogens with zero attached hydrogens (tertiary/aromatic N) is 1. The number of fused-ring (bicyclic) bond motifs is 1. The molecule has 1 saturated carbocycles. The van der Waals surface area contributed by atoms with Crippen molar-refractivity contribution in [2.45, 2.75) is 33.3 Å². The second-order valence-corrected chi connectivity index (χ2v) is 6.19. The van der Waals surface area contributed by atoms with Crippen LogP contribution in [0.1, 0.15) is 27.7 Å². The lowest BCUT2D eigenvalue weighted by atomic mass is 10.0. The minimum Gasteiger partial charge on any atom is -0.481 e. The van der Waals surface area contributed by atoms with E-state index in [0.717, 1.165) is 0 Å². The molecule has 2 atom stereocenters. The maximum atomic E-state index is 11.8. The highest BCUT2D eigenvalue weighted by Crippen LogP contribution is 2.62. The van der Waals surface area contributed by atoms with Crippen LogP contribution < -0.4 is 0 Å². The second kappa shape index (κ2) is 3.37. The highest BCUT2D eigenvalue weighted by atomic mass is 16.6. The summed E-state index contributed by atoms with van der Waals surface area (Å²) >= 11 is 0. The molecule has 0 spiro atoms. The van der Waals surface area contributed by atoms with Crippen LogP contribution in [0.15, 0.2) is 0 Å². The van der Waals surface area contributed by atoms with Gasteiger partial charge in [-0.3, -0.25) is 4.79 Å². The molecule has 2 unspecified atom stereocenters. The van der Waals surface area contributed by atoms with E-state index in [1.165, 1.54) is 0 Å². The van der Waals surface area contributed by atoms with E-state index in [2.05, 4.69) is 0 Å². The number of likely N-dealkylation sites (tertiary alicyclic amines) is 1. The number of carbonyl (C=O) groups excluding carboxylic acids is 1. The van der Waals surface area contributed by atoms with Crippen molar-refractivity contribution in [1.82, 2.24) is 4.90 Å². The third kappa shape index (κ3) is 1.87. The van der Waals surface area contributed by atoms with Crippen molar-refractivity contribution in [3.63, 3.8) is 0 Å².